The molecule has 2 aliphatic heterocycles. The zero-order valence-corrected chi connectivity index (χ0v) is 27.8. The van der Waals surface area contributed by atoms with Gasteiger partial charge in [-0.1, -0.05) is 84.9 Å². The number of allylic oxidation sites excluding steroid dienone is 4. The number of halogens is 6. The summed E-state index contributed by atoms with van der Waals surface area (Å²) in [5, 5.41) is 1.62. The van der Waals surface area contributed by atoms with Crippen LogP contribution in [-0.4, -0.2) is 37.2 Å². The molecule has 2 atom stereocenters. The van der Waals surface area contributed by atoms with Gasteiger partial charge in [-0.25, -0.2) is 4.98 Å². The molecule has 2 unspecified atom stereocenters. The minimum absolute atomic E-state index is 0.117. The first-order valence-electron chi connectivity index (χ1n) is 15.4. The number of aromatic nitrogens is 2. The zero-order chi connectivity index (χ0) is 34.0. The van der Waals surface area contributed by atoms with Crippen molar-refractivity contribution in [2.45, 2.75) is 55.0 Å². The molecule has 0 bridgehead atoms. The lowest BCUT2D eigenvalue weighted by Gasteiger charge is -2.48. The van der Waals surface area contributed by atoms with E-state index >= 15 is 26.3 Å². The molecule has 0 spiro atoms. The Morgan fingerprint density at radius 3 is 1.75 bits per heavy atom. The van der Waals surface area contributed by atoms with E-state index < -0.39 is 38.4 Å². The summed E-state index contributed by atoms with van der Waals surface area (Å²) in [4.78, 5) is 9.00. The molecule has 4 aromatic rings. The van der Waals surface area contributed by atoms with Crippen molar-refractivity contribution in [2.24, 2.45) is 0 Å². The topological polar surface area (TPSA) is 28.7 Å². The standard InChI is InChI=1S/C38H28F6N2S2/c1-20-19-47-34(3)26(20)28-29(37(41,42)38(43,44)36(28,39)40)27-21(2)32(48-35(27,34)4)24-15-17-25(18-16-24)33-45-30(22-11-7-5-8-12-22)31(46-33)23-13-9-6-10-14-23/h5-19H,1-4H3,(H,45,46). The Hall–Kier alpha value is -3.89. The first-order chi connectivity index (χ1) is 22.6. The molecule has 4 aliphatic rings. The number of alkyl halides is 6. The minimum atomic E-state index is -5.57. The molecule has 48 heavy (non-hydrogen) atoms. The predicted octanol–water partition coefficient (Wildman–Crippen LogP) is 11.6. The molecule has 1 saturated carbocycles. The highest BCUT2D eigenvalue weighted by Gasteiger charge is 2.84. The van der Waals surface area contributed by atoms with Crippen LogP contribution < -0.4 is 0 Å². The van der Waals surface area contributed by atoms with Gasteiger partial charge in [0.15, 0.2) is 0 Å². The number of rotatable bonds is 4. The van der Waals surface area contributed by atoms with Crippen LogP contribution in [-0.2, 0) is 0 Å². The highest BCUT2D eigenvalue weighted by atomic mass is 32.2. The Morgan fingerprint density at radius 2 is 1.15 bits per heavy atom. The molecule has 10 heteroatoms. The summed E-state index contributed by atoms with van der Waals surface area (Å²) in [5.74, 6) is -15.0. The first-order valence-corrected chi connectivity index (χ1v) is 17.1. The van der Waals surface area contributed by atoms with E-state index in [4.69, 9.17) is 4.98 Å². The fraction of sp³-hybridized carbons (Fsp3) is 0.237. The molecule has 3 aromatic carbocycles. The van der Waals surface area contributed by atoms with E-state index in [1.54, 1.807) is 26.2 Å². The Kier molecular flexibility index (Phi) is 6.59. The number of hydrogen-bond acceptors (Lipinski definition) is 3. The van der Waals surface area contributed by atoms with Crippen LogP contribution in [0.2, 0.25) is 0 Å². The Morgan fingerprint density at radius 1 is 0.604 bits per heavy atom. The van der Waals surface area contributed by atoms with Crippen molar-refractivity contribution >= 4 is 28.4 Å². The number of benzene rings is 3. The van der Waals surface area contributed by atoms with E-state index in [-0.39, 0.29) is 11.1 Å². The molecule has 2 aliphatic carbocycles. The number of H-pyrrole nitrogens is 1. The van der Waals surface area contributed by atoms with Crippen LogP contribution >= 0.6 is 23.5 Å². The van der Waals surface area contributed by atoms with E-state index in [2.05, 4.69) is 4.98 Å². The van der Waals surface area contributed by atoms with Gasteiger partial charge in [0, 0.05) is 32.7 Å². The highest BCUT2D eigenvalue weighted by molar-refractivity contribution is 8.12. The van der Waals surface area contributed by atoms with Crippen LogP contribution in [0.15, 0.2) is 124 Å². The monoisotopic (exact) mass is 690 g/mol. The van der Waals surface area contributed by atoms with Gasteiger partial charge in [-0.05, 0) is 61.0 Å². The van der Waals surface area contributed by atoms with Gasteiger partial charge >= 0.3 is 17.8 Å². The van der Waals surface area contributed by atoms with Crippen molar-refractivity contribution in [3.05, 3.63) is 129 Å². The average Bonchev–Trinajstić information content (AvgIpc) is 3.76. The quantitative estimate of drug-likeness (QED) is 0.216. The molecule has 0 saturated heterocycles. The number of imidazole rings is 1. The molecular weight excluding hydrogens is 663 g/mol. The second-order valence-corrected chi connectivity index (χ2v) is 15.6. The third kappa shape index (κ3) is 3.84. The van der Waals surface area contributed by atoms with Crippen LogP contribution in [0.5, 0.6) is 0 Å². The zero-order valence-electron chi connectivity index (χ0n) is 26.2. The van der Waals surface area contributed by atoms with Crippen LogP contribution in [0.3, 0.4) is 0 Å². The fourth-order valence-corrected chi connectivity index (χ4v) is 10.7. The molecule has 0 radical (unpaired) electrons. The molecule has 1 fully saturated rings. The maximum Gasteiger partial charge on any atom is 0.380 e. The highest BCUT2D eigenvalue weighted by Crippen LogP contribution is 2.75. The lowest BCUT2D eigenvalue weighted by atomic mass is 9.68. The first kappa shape index (κ1) is 31.4. The normalized spacial score (nSPS) is 26.5. The molecule has 0 amide bonds. The second-order valence-electron chi connectivity index (χ2n) is 12.9. The molecule has 8 rings (SSSR count). The maximum absolute atomic E-state index is 15.7. The number of nitrogens with zero attached hydrogens (tertiary/aromatic N) is 1. The summed E-state index contributed by atoms with van der Waals surface area (Å²) < 4.78 is 90.2. The lowest BCUT2D eigenvalue weighted by molar-refractivity contribution is -0.258. The van der Waals surface area contributed by atoms with E-state index in [1.165, 1.54) is 30.4 Å². The van der Waals surface area contributed by atoms with Crippen molar-refractivity contribution < 1.29 is 26.3 Å². The molecular formula is C38H28F6N2S2. The summed E-state index contributed by atoms with van der Waals surface area (Å²) in [6.07, 6.45) is 0. The summed E-state index contributed by atoms with van der Waals surface area (Å²) in [6, 6.07) is 27.1. The number of thioether (sulfide) groups is 2. The van der Waals surface area contributed by atoms with Gasteiger partial charge in [0.25, 0.3) is 0 Å². The number of aromatic amines is 1. The summed E-state index contributed by atoms with van der Waals surface area (Å²) >= 11 is 2.50. The van der Waals surface area contributed by atoms with E-state index in [0.717, 1.165) is 28.1 Å². The van der Waals surface area contributed by atoms with Crippen molar-refractivity contribution in [2.75, 3.05) is 0 Å². The molecule has 244 valence electrons. The van der Waals surface area contributed by atoms with Gasteiger partial charge in [-0.3, -0.25) is 0 Å². The molecule has 2 nitrogen and oxygen atoms in total. The second kappa shape index (κ2) is 10.1. The average molecular weight is 691 g/mol. The lowest BCUT2D eigenvalue weighted by Crippen LogP contribution is -2.49. The third-order valence-corrected chi connectivity index (χ3v) is 13.6. The van der Waals surface area contributed by atoms with Crippen molar-refractivity contribution in [3.63, 3.8) is 0 Å². The Labute approximate surface area is 282 Å². The number of fused-ring (bicyclic) bond motifs is 4. The van der Waals surface area contributed by atoms with Crippen LogP contribution in [0.25, 0.3) is 38.8 Å². The smallest absolute Gasteiger partial charge is 0.337 e. The van der Waals surface area contributed by atoms with Gasteiger partial charge in [0.05, 0.1) is 20.9 Å². The van der Waals surface area contributed by atoms with Crippen molar-refractivity contribution in [1.29, 1.82) is 0 Å². The van der Waals surface area contributed by atoms with E-state index in [9.17, 15) is 0 Å². The summed E-state index contributed by atoms with van der Waals surface area (Å²) in [6.45, 7) is 6.51. The molecule has 1 N–H and O–H groups in total. The van der Waals surface area contributed by atoms with Crippen LogP contribution in [0.1, 0.15) is 33.3 Å². The van der Waals surface area contributed by atoms with Crippen LogP contribution in [0, 0.1) is 0 Å². The SMILES string of the molecule is CC1=CSC2(C)C1=C1C(=C3C(C)=C(c4ccc(-c5nc(-c6ccccc6)c(-c6ccccc6)[nH]5)cc4)SC32C)C(F)(F)C(F)(F)C1(F)F. The van der Waals surface area contributed by atoms with Gasteiger partial charge in [-0.15, -0.1) is 23.5 Å². The number of nitrogens with one attached hydrogen (secondary N) is 1. The molecule has 3 heterocycles. The van der Waals surface area contributed by atoms with Gasteiger partial charge in [0.1, 0.15) is 5.82 Å². The Bertz CT molecular complexity index is 2090. The van der Waals surface area contributed by atoms with Gasteiger partial charge in [-0.2, -0.15) is 26.3 Å². The predicted molar refractivity (Wildman–Crippen MR) is 182 cm³/mol. The number of hydrogen-bond donors (Lipinski definition) is 1. The van der Waals surface area contributed by atoms with Crippen LogP contribution in [0.4, 0.5) is 26.3 Å². The van der Waals surface area contributed by atoms with Gasteiger partial charge < -0.3 is 4.98 Å². The molecule has 1 aromatic heterocycles. The Balaban J connectivity index is 1.25. The van der Waals surface area contributed by atoms with E-state index in [0.29, 0.717) is 27.4 Å². The van der Waals surface area contributed by atoms with Crippen molar-refractivity contribution in [1.82, 2.24) is 9.97 Å². The largest absolute Gasteiger partial charge is 0.380 e. The minimum Gasteiger partial charge on any atom is -0.337 e. The van der Waals surface area contributed by atoms with Crippen molar-refractivity contribution in [3.8, 4) is 33.9 Å². The maximum atomic E-state index is 15.7. The van der Waals surface area contributed by atoms with Gasteiger partial charge in [0.2, 0.25) is 0 Å². The summed E-state index contributed by atoms with van der Waals surface area (Å²) in [5.41, 5.74) is 2.92. The summed E-state index contributed by atoms with van der Waals surface area (Å²) in [7, 11) is 0. The van der Waals surface area contributed by atoms with E-state index in [1.807, 2.05) is 84.9 Å². The third-order valence-electron chi connectivity index (χ3n) is 10.2. The fourth-order valence-electron chi connectivity index (χ4n) is 7.62.